The van der Waals surface area contributed by atoms with Crippen molar-refractivity contribution < 1.29 is 4.74 Å². The summed E-state index contributed by atoms with van der Waals surface area (Å²) in [4.78, 5) is 23.2. The van der Waals surface area contributed by atoms with Gasteiger partial charge in [-0.2, -0.15) is 0 Å². The minimum absolute atomic E-state index is 0.274. The van der Waals surface area contributed by atoms with Crippen molar-refractivity contribution in [1.29, 1.82) is 0 Å². The van der Waals surface area contributed by atoms with Crippen LogP contribution in [0.3, 0.4) is 0 Å². The molecule has 1 aliphatic rings. The molecule has 0 atom stereocenters. The van der Waals surface area contributed by atoms with Gasteiger partial charge in [-0.3, -0.25) is 4.98 Å². The van der Waals surface area contributed by atoms with E-state index in [9.17, 15) is 0 Å². The zero-order valence-corrected chi connectivity index (χ0v) is 18.0. The minimum atomic E-state index is 0.274. The maximum Gasteiger partial charge on any atom is 0.242 e. The molecule has 5 rings (SSSR count). The minimum Gasteiger partial charge on any atom is -0.479 e. The van der Waals surface area contributed by atoms with Gasteiger partial charge in [-0.1, -0.05) is 6.07 Å². The van der Waals surface area contributed by atoms with Crippen molar-refractivity contribution in [3.63, 3.8) is 0 Å². The van der Waals surface area contributed by atoms with Crippen molar-refractivity contribution in [2.75, 3.05) is 13.7 Å². The third-order valence-corrected chi connectivity index (χ3v) is 5.57. The highest BCUT2D eigenvalue weighted by Gasteiger charge is 2.16. The number of ether oxygens (including phenoxy) is 1. The van der Waals surface area contributed by atoms with E-state index in [1.54, 1.807) is 13.3 Å². The fourth-order valence-electron chi connectivity index (χ4n) is 3.96. The SMILES string of the molecule is COc1nc(-c2ccnc(Cc3ccc4c(n3)CCNC4)n2)cc2c1ncn2C(C)C. The van der Waals surface area contributed by atoms with Gasteiger partial charge in [0.25, 0.3) is 0 Å². The molecular formula is C23H25N7O. The maximum atomic E-state index is 5.52. The summed E-state index contributed by atoms with van der Waals surface area (Å²) in [7, 11) is 1.61. The van der Waals surface area contributed by atoms with Crippen LogP contribution in [0.5, 0.6) is 5.88 Å². The van der Waals surface area contributed by atoms with Crippen LogP contribution in [0.25, 0.3) is 22.4 Å². The molecule has 158 valence electrons. The highest BCUT2D eigenvalue weighted by atomic mass is 16.5. The summed E-state index contributed by atoms with van der Waals surface area (Å²) in [6, 6.07) is 8.38. The van der Waals surface area contributed by atoms with Gasteiger partial charge in [-0.25, -0.2) is 19.9 Å². The van der Waals surface area contributed by atoms with Gasteiger partial charge in [0.05, 0.1) is 36.8 Å². The van der Waals surface area contributed by atoms with E-state index < -0.39 is 0 Å². The van der Waals surface area contributed by atoms with Crippen molar-refractivity contribution in [2.24, 2.45) is 0 Å². The number of aromatic nitrogens is 6. The Labute approximate surface area is 180 Å². The Balaban J connectivity index is 1.50. The Morgan fingerprint density at radius 2 is 2.00 bits per heavy atom. The third-order valence-electron chi connectivity index (χ3n) is 5.57. The summed E-state index contributed by atoms with van der Waals surface area (Å²) in [5, 5.41) is 3.38. The van der Waals surface area contributed by atoms with Crippen LogP contribution in [0, 0.1) is 0 Å². The number of nitrogens with zero attached hydrogens (tertiary/aromatic N) is 6. The molecule has 0 aliphatic carbocycles. The topological polar surface area (TPSA) is 90.6 Å². The number of hydrogen-bond acceptors (Lipinski definition) is 7. The maximum absolute atomic E-state index is 5.52. The lowest BCUT2D eigenvalue weighted by atomic mass is 10.1. The number of pyridine rings is 2. The summed E-state index contributed by atoms with van der Waals surface area (Å²) in [6.07, 6.45) is 5.14. The zero-order valence-electron chi connectivity index (χ0n) is 18.0. The molecule has 1 N–H and O–H groups in total. The van der Waals surface area contributed by atoms with Gasteiger partial charge in [0.15, 0.2) is 5.52 Å². The number of methoxy groups -OCH3 is 1. The number of nitrogens with one attached hydrogen (secondary N) is 1. The molecule has 8 nitrogen and oxygen atoms in total. The van der Waals surface area contributed by atoms with Crippen molar-refractivity contribution in [2.45, 2.75) is 39.3 Å². The van der Waals surface area contributed by atoms with Crippen LogP contribution in [-0.2, 0) is 19.4 Å². The van der Waals surface area contributed by atoms with Gasteiger partial charge < -0.3 is 14.6 Å². The summed E-state index contributed by atoms with van der Waals surface area (Å²) in [5.74, 6) is 1.22. The fourth-order valence-corrected chi connectivity index (χ4v) is 3.96. The van der Waals surface area contributed by atoms with Crippen LogP contribution < -0.4 is 10.1 Å². The molecule has 31 heavy (non-hydrogen) atoms. The Morgan fingerprint density at radius 1 is 1.10 bits per heavy atom. The molecule has 0 unspecified atom stereocenters. The molecule has 0 aromatic carbocycles. The average molecular weight is 416 g/mol. The molecule has 0 fully saturated rings. The highest BCUT2D eigenvalue weighted by molar-refractivity contribution is 5.84. The molecule has 4 aromatic heterocycles. The Bertz CT molecular complexity index is 1250. The van der Waals surface area contributed by atoms with Gasteiger partial charge in [-0.15, -0.1) is 0 Å². The Hall–Kier alpha value is -3.39. The molecule has 5 heterocycles. The van der Waals surface area contributed by atoms with E-state index in [0.29, 0.717) is 12.3 Å². The number of rotatable bonds is 5. The second-order valence-electron chi connectivity index (χ2n) is 8.00. The van der Waals surface area contributed by atoms with E-state index in [1.807, 2.05) is 18.5 Å². The number of fused-ring (bicyclic) bond motifs is 2. The van der Waals surface area contributed by atoms with Gasteiger partial charge in [-0.05, 0) is 37.6 Å². The first kappa shape index (κ1) is 19.6. The van der Waals surface area contributed by atoms with E-state index in [0.717, 1.165) is 53.4 Å². The van der Waals surface area contributed by atoms with E-state index >= 15 is 0 Å². The fraction of sp³-hybridized carbons (Fsp3) is 0.348. The molecule has 8 heteroatoms. The molecule has 1 aliphatic heterocycles. The zero-order chi connectivity index (χ0) is 21.4. The smallest absolute Gasteiger partial charge is 0.242 e. The summed E-state index contributed by atoms with van der Waals surface area (Å²) < 4.78 is 7.62. The lowest BCUT2D eigenvalue weighted by Gasteiger charge is -2.16. The van der Waals surface area contributed by atoms with Crippen LogP contribution >= 0.6 is 0 Å². The van der Waals surface area contributed by atoms with E-state index in [1.165, 1.54) is 11.3 Å². The van der Waals surface area contributed by atoms with Gasteiger partial charge in [0.1, 0.15) is 5.82 Å². The number of hydrogen-bond donors (Lipinski definition) is 1. The predicted molar refractivity (Wildman–Crippen MR) is 118 cm³/mol. The Morgan fingerprint density at radius 3 is 2.84 bits per heavy atom. The summed E-state index contributed by atoms with van der Waals surface area (Å²) in [5.41, 5.74) is 6.65. The van der Waals surface area contributed by atoms with Crippen molar-refractivity contribution >= 4 is 11.0 Å². The summed E-state index contributed by atoms with van der Waals surface area (Å²) in [6.45, 7) is 6.10. The second-order valence-corrected chi connectivity index (χ2v) is 8.00. The summed E-state index contributed by atoms with van der Waals surface area (Å²) >= 11 is 0. The lowest BCUT2D eigenvalue weighted by Crippen LogP contribution is -2.24. The quantitative estimate of drug-likeness (QED) is 0.535. The molecule has 0 saturated carbocycles. The molecule has 0 bridgehead atoms. The molecule has 4 aromatic rings. The van der Waals surface area contributed by atoms with Crippen molar-refractivity contribution in [3.8, 4) is 17.3 Å². The van der Waals surface area contributed by atoms with Gasteiger partial charge in [0, 0.05) is 43.1 Å². The average Bonchev–Trinajstić information content (AvgIpc) is 3.23. The number of imidazole rings is 1. The third kappa shape index (κ3) is 3.74. The van der Waals surface area contributed by atoms with E-state index in [2.05, 4.69) is 50.8 Å². The molecular weight excluding hydrogens is 390 g/mol. The van der Waals surface area contributed by atoms with Crippen LogP contribution in [-0.4, -0.2) is 43.1 Å². The van der Waals surface area contributed by atoms with Crippen LogP contribution in [0.1, 0.15) is 42.7 Å². The first-order chi connectivity index (χ1) is 15.1. The largest absolute Gasteiger partial charge is 0.479 e. The predicted octanol–water partition coefficient (Wildman–Crippen LogP) is 3.11. The van der Waals surface area contributed by atoms with Gasteiger partial charge in [0.2, 0.25) is 5.88 Å². The Kier molecular flexibility index (Phi) is 5.07. The van der Waals surface area contributed by atoms with Crippen molar-refractivity contribution in [3.05, 3.63) is 59.6 Å². The molecule has 0 saturated heterocycles. The highest BCUT2D eigenvalue weighted by Crippen LogP contribution is 2.29. The first-order valence-electron chi connectivity index (χ1n) is 10.5. The standard InChI is InChI=1S/C23H25N7O/c1-14(2)30-13-26-22-20(30)11-19(29-23(22)31-3)18-7-9-25-21(28-18)10-16-5-4-15-12-24-8-6-17(15)27-16/h4-5,7,9,11,13-14,24H,6,8,10,12H2,1-3H3. The molecule has 0 amide bonds. The van der Waals surface area contributed by atoms with E-state index in [-0.39, 0.29) is 6.04 Å². The molecule has 0 radical (unpaired) electrons. The first-order valence-corrected chi connectivity index (χ1v) is 10.5. The van der Waals surface area contributed by atoms with Crippen LogP contribution in [0.4, 0.5) is 0 Å². The monoisotopic (exact) mass is 415 g/mol. The molecule has 0 spiro atoms. The van der Waals surface area contributed by atoms with Crippen LogP contribution in [0.2, 0.25) is 0 Å². The van der Waals surface area contributed by atoms with Crippen molar-refractivity contribution in [1.82, 2.24) is 34.8 Å². The second kappa shape index (κ2) is 8.03. The van der Waals surface area contributed by atoms with E-state index in [4.69, 9.17) is 14.7 Å². The normalized spacial score (nSPS) is 13.5. The van der Waals surface area contributed by atoms with Crippen LogP contribution in [0.15, 0.2) is 36.8 Å². The lowest BCUT2D eigenvalue weighted by molar-refractivity contribution is 0.403. The van der Waals surface area contributed by atoms with Gasteiger partial charge >= 0.3 is 0 Å².